The number of hydrogen-bond donors (Lipinski definition) is 0. The Morgan fingerprint density at radius 1 is 1.32 bits per heavy atom. The van der Waals surface area contributed by atoms with Crippen molar-refractivity contribution in [2.75, 3.05) is 0 Å². The Bertz CT molecular complexity index is 632. The molecule has 0 radical (unpaired) electrons. The first-order valence-electron chi connectivity index (χ1n) is 7.57. The minimum atomic E-state index is -0.673. The first kappa shape index (κ1) is 15.3. The van der Waals surface area contributed by atoms with Crippen LogP contribution in [0.25, 0.3) is 0 Å². The average Bonchev–Trinajstić information content (AvgIpc) is 3.13. The van der Waals surface area contributed by atoms with Crippen molar-refractivity contribution >= 4 is 17.8 Å². The summed E-state index contributed by atoms with van der Waals surface area (Å²) in [6, 6.07) is 2.90. The molecule has 22 heavy (non-hydrogen) atoms. The van der Waals surface area contributed by atoms with Crippen molar-refractivity contribution in [2.24, 2.45) is 4.99 Å². The van der Waals surface area contributed by atoms with Crippen molar-refractivity contribution < 1.29 is 13.9 Å². The lowest BCUT2D eigenvalue weighted by atomic mass is 10.1. The molecule has 0 amide bonds. The first-order chi connectivity index (χ1) is 10.5. The summed E-state index contributed by atoms with van der Waals surface area (Å²) in [4.78, 5) is 4.23. The zero-order chi connectivity index (χ0) is 15.7. The maximum absolute atomic E-state index is 14.2. The van der Waals surface area contributed by atoms with Gasteiger partial charge in [-0.3, -0.25) is 0 Å². The lowest BCUT2D eigenvalue weighted by Crippen LogP contribution is -2.12. The van der Waals surface area contributed by atoms with Gasteiger partial charge in [0.25, 0.3) is 0 Å². The Balaban J connectivity index is 1.85. The zero-order valence-electron chi connectivity index (χ0n) is 12.7. The van der Waals surface area contributed by atoms with Gasteiger partial charge in [-0.25, -0.2) is 9.38 Å². The standard InChI is InChI=1S/C17H19ClFNO2/c1-10(2)16-9-20-17(22-16)12-7-15(13(18)8-14(12)19)21-11-5-3-4-6-11/h7-9,11,17H,3-6H2,1-2H3. The van der Waals surface area contributed by atoms with Crippen LogP contribution in [0.5, 0.6) is 5.75 Å². The summed E-state index contributed by atoms with van der Waals surface area (Å²) in [7, 11) is 0. The molecule has 3 nitrogen and oxygen atoms in total. The summed E-state index contributed by atoms with van der Waals surface area (Å²) in [5, 5.41) is 0.289. The third-order valence-corrected chi connectivity index (χ3v) is 4.27. The molecule has 1 aliphatic carbocycles. The van der Waals surface area contributed by atoms with Crippen LogP contribution in [0, 0.1) is 5.82 Å². The molecule has 1 heterocycles. The Kier molecular flexibility index (Phi) is 4.39. The van der Waals surface area contributed by atoms with Gasteiger partial charge in [0.2, 0.25) is 6.23 Å². The van der Waals surface area contributed by atoms with Crippen LogP contribution >= 0.6 is 11.6 Å². The smallest absolute Gasteiger partial charge is 0.218 e. The molecule has 1 aliphatic heterocycles. The van der Waals surface area contributed by atoms with Crippen molar-refractivity contribution in [3.8, 4) is 5.75 Å². The monoisotopic (exact) mass is 323 g/mol. The fraction of sp³-hybridized carbons (Fsp3) is 0.471. The number of benzene rings is 1. The van der Waals surface area contributed by atoms with Gasteiger partial charge in [-0.1, -0.05) is 11.6 Å². The minimum absolute atomic E-state index is 0.164. The van der Waals surface area contributed by atoms with Gasteiger partial charge in [-0.2, -0.15) is 0 Å². The molecule has 1 fully saturated rings. The normalized spacial score (nSPS) is 21.3. The predicted molar refractivity (Wildman–Crippen MR) is 85.0 cm³/mol. The Morgan fingerprint density at radius 2 is 2.05 bits per heavy atom. The first-order valence-corrected chi connectivity index (χ1v) is 7.95. The van der Waals surface area contributed by atoms with Gasteiger partial charge in [-0.05, 0) is 57.2 Å². The van der Waals surface area contributed by atoms with E-state index in [-0.39, 0.29) is 11.1 Å². The molecular weight excluding hydrogens is 305 g/mol. The molecule has 1 saturated carbocycles. The maximum Gasteiger partial charge on any atom is 0.218 e. The van der Waals surface area contributed by atoms with E-state index < -0.39 is 12.0 Å². The highest BCUT2D eigenvalue weighted by atomic mass is 35.5. The third kappa shape index (κ3) is 3.12. The van der Waals surface area contributed by atoms with Crippen LogP contribution in [0.4, 0.5) is 4.39 Å². The lowest BCUT2D eigenvalue weighted by molar-refractivity contribution is 0.151. The number of allylic oxidation sites excluding steroid dienone is 2. The third-order valence-electron chi connectivity index (χ3n) is 3.97. The second-order valence-corrected chi connectivity index (χ2v) is 6.35. The molecule has 0 spiro atoms. The van der Waals surface area contributed by atoms with Crippen LogP contribution in [0.3, 0.4) is 0 Å². The van der Waals surface area contributed by atoms with E-state index in [1.807, 2.05) is 13.8 Å². The highest BCUT2D eigenvalue weighted by Crippen LogP contribution is 2.37. The molecule has 2 aliphatic rings. The molecule has 1 aromatic carbocycles. The summed E-state index contributed by atoms with van der Waals surface area (Å²) in [6.45, 7) is 3.85. The van der Waals surface area contributed by atoms with Gasteiger partial charge >= 0.3 is 0 Å². The molecule has 0 saturated heterocycles. The van der Waals surface area contributed by atoms with Gasteiger partial charge in [0.1, 0.15) is 17.3 Å². The summed E-state index contributed by atoms with van der Waals surface area (Å²) >= 11 is 6.11. The van der Waals surface area contributed by atoms with Gasteiger partial charge in [-0.15, -0.1) is 0 Å². The number of ether oxygens (including phenoxy) is 2. The van der Waals surface area contributed by atoms with E-state index in [9.17, 15) is 4.39 Å². The summed E-state index contributed by atoms with van der Waals surface area (Å²) in [6.07, 6.45) is 5.48. The molecule has 1 unspecified atom stereocenters. The number of rotatable bonds is 3. The van der Waals surface area contributed by atoms with Crippen LogP contribution < -0.4 is 4.74 Å². The van der Waals surface area contributed by atoms with E-state index in [0.717, 1.165) is 31.3 Å². The molecule has 118 valence electrons. The Morgan fingerprint density at radius 3 is 2.68 bits per heavy atom. The van der Waals surface area contributed by atoms with Crippen molar-refractivity contribution in [2.45, 2.75) is 51.9 Å². The van der Waals surface area contributed by atoms with E-state index in [2.05, 4.69) is 4.99 Å². The molecule has 0 aromatic heterocycles. The largest absolute Gasteiger partial charge is 0.489 e. The second-order valence-electron chi connectivity index (χ2n) is 5.94. The van der Waals surface area contributed by atoms with Gasteiger partial charge < -0.3 is 9.47 Å². The fourth-order valence-electron chi connectivity index (χ4n) is 2.72. The van der Waals surface area contributed by atoms with Crippen LogP contribution in [0.1, 0.15) is 51.3 Å². The molecular formula is C17H19ClFNO2. The van der Waals surface area contributed by atoms with Gasteiger partial charge in [0.15, 0.2) is 0 Å². The van der Waals surface area contributed by atoms with E-state index in [1.165, 1.54) is 6.07 Å². The zero-order valence-corrected chi connectivity index (χ0v) is 13.5. The van der Waals surface area contributed by atoms with Crippen LogP contribution in [-0.4, -0.2) is 12.3 Å². The van der Waals surface area contributed by atoms with Crippen molar-refractivity contribution in [3.63, 3.8) is 0 Å². The van der Waals surface area contributed by atoms with Crippen molar-refractivity contribution in [1.29, 1.82) is 0 Å². The van der Waals surface area contributed by atoms with Crippen LogP contribution in [0.2, 0.25) is 5.02 Å². The summed E-state index contributed by atoms with van der Waals surface area (Å²) < 4.78 is 25.8. The molecule has 0 N–H and O–H groups in total. The molecule has 5 heteroatoms. The SMILES string of the molecule is CC(C)=C1C=NC(c2cc(OC3CCCC3)c(Cl)cc2F)O1. The predicted octanol–water partition coefficient (Wildman–Crippen LogP) is 5.19. The molecule has 1 aromatic rings. The second kappa shape index (κ2) is 6.29. The van der Waals surface area contributed by atoms with Crippen LogP contribution in [-0.2, 0) is 4.74 Å². The molecule has 0 bridgehead atoms. The highest BCUT2D eigenvalue weighted by Gasteiger charge is 2.25. The minimum Gasteiger partial charge on any atom is -0.489 e. The number of aliphatic imine (C=N–C) groups is 1. The van der Waals surface area contributed by atoms with Crippen molar-refractivity contribution in [1.82, 2.24) is 0 Å². The molecule has 1 atom stereocenters. The number of hydrogen-bond acceptors (Lipinski definition) is 3. The quantitative estimate of drug-likeness (QED) is 0.766. The maximum atomic E-state index is 14.2. The lowest BCUT2D eigenvalue weighted by Gasteiger charge is -2.17. The van der Waals surface area contributed by atoms with E-state index in [4.69, 9.17) is 21.1 Å². The summed E-state index contributed by atoms with van der Waals surface area (Å²) in [5.41, 5.74) is 1.35. The Labute approximate surface area is 134 Å². The molecule has 3 rings (SSSR count). The highest BCUT2D eigenvalue weighted by molar-refractivity contribution is 6.32. The number of halogens is 2. The number of nitrogens with zero attached hydrogens (tertiary/aromatic N) is 1. The Hall–Kier alpha value is -1.55. The van der Waals surface area contributed by atoms with Crippen molar-refractivity contribution in [3.05, 3.63) is 39.9 Å². The van der Waals surface area contributed by atoms with Gasteiger partial charge in [0.05, 0.1) is 22.9 Å². The van der Waals surface area contributed by atoms with E-state index in [1.54, 1.807) is 12.3 Å². The van der Waals surface area contributed by atoms with E-state index in [0.29, 0.717) is 17.1 Å². The van der Waals surface area contributed by atoms with E-state index >= 15 is 0 Å². The topological polar surface area (TPSA) is 30.8 Å². The van der Waals surface area contributed by atoms with Crippen LogP contribution in [0.15, 0.2) is 28.5 Å². The fourth-order valence-corrected chi connectivity index (χ4v) is 2.91. The summed E-state index contributed by atoms with van der Waals surface area (Å²) in [5.74, 6) is 0.757. The average molecular weight is 324 g/mol. The van der Waals surface area contributed by atoms with Gasteiger partial charge in [0, 0.05) is 0 Å².